The van der Waals surface area contributed by atoms with Gasteiger partial charge in [0.25, 0.3) is 0 Å². The van der Waals surface area contributed by atoms with E-state index in [1.807, 2.05) is 66.7 Å². The van der Waals surface area contributed by atoms with Gasteiger partial charge in [0.05, 0.1) is 28.6 Å². The Kier molecular flexibility index (Phi) is 6.12. The molecular weight excluding hydrogens is 484 g/mol. The lowest BCUT2D eigenvalue weighted by atomic mass is 9.78. The lowest BCUT2D eigenvalue weighted by molar-refractivity contribution is -0.113. The summed E-state index contributed by atoms with van der Waals surface area (Å²) in [6, 6.07) is 26.0. The summed E-state index contributed by atoms with van der Waals surface area (Å²) in [4.78, 5) is 20.9. The minimum Gasteiger partial charge on any atom is -0.506 e. The van der Waals surface area contributed by atoms with Crippen LogP contribution in [0.4, 0.5) is 11.4 Å². The molecule has 0 radical (unpaired) electrons. The van der Waals surface area contributed by atoms with E-state index in [1.165, 1.54) is 5.56 Å². The fourth-order valence-corrected chi connectivity index (χ4v) is 5.84. The number of carbonyl (C=O) groups excluding carboxylic acids is 1. The van der Waals surface area contributed by atoms with Gasteiger partial charge in [-0.1, -0.05) is 80.6 Å². The van der Waals surface area contributed by atoms with Crippen LogP contribution < -0.4 is 4.90 Å². The summed E-state index contributed by atoms with van der Waals surface area (Å²) in [5.74, 6) is -0.132. The minimum atomic E-state index is -0.333. The van der Waals surface area contributed by atoms with E-state index in [0.717, 1.165) is 41.2 Å². The summed E-state index contributed by atoms with van der Waals surface area (Å²) < 4.78 is 5.51. The number of anilines is 1. The number of benzene rings is 3. The van der Waals surface area contributed by atoms with Crippen LogP contribution in [-0.4, -0.2) is 36.4 Å². The molecule has 3 aliphatic rings. The number of hydrogen-bond acceptors (Lipinski definition) is 5. The fraction of sp³-hybridized carbons (Fsp3) is 0.235. The third kappa shape index (κ3) is 3.96. The predicted molar refractivity (Wildman–Crippen MR) is 157 cm³/mol. The molecule has 0 fully saturated rings. The van der Waals surface area contributed by atoms with Crippen LogP contribution in [-0.2, 0) is 14.9 Å². The molecule has 39 heavy (non-hydrogen) atoms. The predicted octanol–water partition coefficient (Wildman–Crippen LogP) is 7.08. The Bertz CT molecular complexity index is 1610. The maximum atomic E-state index is 13.8. The molecule has 3 aromatic carbocycles. The van der Waals surface area contributed by atoms with Crippen molar-refractivity contribution in [2.24, 2.45) is 4.99 Å². The first kappa shape index (κ1) is 25.1. The molecule has 0 spiro atoms. The van der Waals surface area contributed by atoms with E-state index in [2.05, 4.69) is 43.9 Å². The number of aliphatic imine (C=N–C) groups is 1. The number of para-hydroxylation sites is 2. The average Bonchev–Trinajstić information content (AvgIpc) is 3.43. The van der Waals surface area contributed by atoms with Crippen molar-refractivity contribution < 1.29 is 14.6 Å². The number of allylic oxidation sites excluding steroid dienone is 5. The van der Waals surface area contributed by atoms with Crippen LogP contribution >= 0.6 is 0 Å². The molecule has 1 unspecified atom stereocenters. The summed E-state index contributed by atoms with van der Waals surface area (Å²) in [5, 5.41) is 11.4. The Morgan fingerprint density at radius 2 is 1.67 bits per heavy atom. The van der Waals surface area contributed by atoms with Crippen molar-refractivity contribution in [3.8, 4) is 0 Å². The number of fused-ring (bicyclic) bond motifs is 2. The number of ether oxygens (including phenoxy) is 1. The summed E-state index contributed by atoms with van der Waals surface area (Å²) >= 11 is 0. The highest BCUT2D eigenvalue weighted by Crippen LogP contribution is 2.50. The van der Waals surface area contributed by atoms with Gasteiger partial charge >= 0.3 is 0 Å². The van der Waals surface area contributed by atoms with E-state index in [-0.39, 0.29) is 23.1 Å². The van der Waals surface area contributed by atoms with E-state index in [0.29, 0.717) is 22.4 Å². The number of hydrogen-bond donors (Lipinski definition) is 1. The second-order valence-electron chi connectivity index (χ2n) is 10.8. The molecule has 3 aromatic rings. The van der Waals surface area contributed by atoms with Gasteiger partial charge in [-0.3, -0.25) is 4.79 Å². The Morgan fingerprint density at radius 3 is 2.41 bits per heavy atom. The maximum absolute atomic E-state index is 13.8. The van der Waals surface area contributed by atoms with Crippen LogP contribution in [0.5, 0.6) is 0 Å². The largest absolute Gasteiger partial charge is 0.506 e. The number of aliphatic hydroxyl groups is 1. The number of rotatable bonds is 6. The molecule has 5 heteroatoms. The molecule has 1 N–H and O–H groups in total. The standard InChI is InChI=1S/C34H32N2O3/c1-21(39-4)18-19-36-27-17-11-9-15-25(27)34(2,3)28(36)20-24-32(37)30(33(24)38)29-23-14-8-10-16-26(23)35-31(29)22-12-6-5-7-13-22/h5-17,20-21,37H,18-19H2,1-4H3. The quantitative estimate of drug-likeness (QED) is 0.356. The molecule has 196 valence electrons. The third-order valence-corrected chi connectivity index (χ3v) is 8.15. The fourth-order valence-electron chi connectivity index (χ4n) is 5.84. The van der Waals surface area contributed by atoms with Gasteiger partial charge in [-0.25, -0.2) is 4.99 Å². The Labute approximate surface area is 229 Å². The summed E-state index contributed by atoms with van der Waals surface area (Å²) in [7, 11) is 1.72. The smallest absolute Gasteiger partial charge is 0.201 e. The Morgan fingerprint density at radius 1 is 0.974 bits per heavy atom. The van der Waals surface area contributed by atoms with Gasteiger partial charge in [-0.05, 0) is 37.1 Å². The lowest BCUT2D eigenvalue weighted by Crippen LogP contribution is -2.31. The molecule has 2 heterocycles. The molecule has 0 aromatic heterocycles. The van der Waals surface area contributed by atoms with Crippen LogP contribution in [0.2, 0.25) is 0 Å². The van der Waals surface area contributed by atoms with Gasteiger partial charge in [-0.2, -0.15) is 0 Å². The summed E-state index contributed by atoms with van der Waals surface area (Å²) in [6.07, 6.45) is 2.83. The van der Waals surface area contributed by atoms with Crippen molar-refractivity contribution in [1.82, 2.24) is 0 Å². The number of ketones is 1. The normalized spacial score (nSPS) is 21.1. The highest BCUT2D eigenvalue weighted by atomic mass is 16.5. The molecule has 0 saturated carbocycles. The summed E-state index contributed by atoms with van der Waals surface area (Å²) in [5.41, 5.74) is 7.66. The number of Topliss-reactive ketones (excluding diaryl/α,β-unsaturated/α-hetero) is 1. The second-order valence-corrected chi connectivity index (χ2v) is 10.8. The average molecular weight is 517 g/mol. The summed E-state index contributed by atoms with van der Waals surface area (Å²) in [6.45, 7) is 7.15. The van der Waals surface area contributed by atoms with Gasteiger partial charge in [0, 0.05) is 47.2 Å². The van der Waals surface area contributed by atoms with Gasteiger partial charge in [0.2, 0.25) is 5.78 Å². The van der Waals surface area contributed by atoms with Gasteiger partial charge in [0.1, 0.15) is 5.76 Å². The van der Waals surface area contributed by atoms with Gasteiger partial charge in [-0.15, -0.1) is 0 Å². The monoisotopic (exact) mass is 516 g/mol. The van der Waals surface area contributed by atoms with Crippen molar-refractivity contribution in [2.75, 3.05) is 18.6 Å². The molecular formula is C34H32N2O3. The van der Waals surface area contributed by atoms with Crippen molar-refractivity contribution in [2.45, 2.75) is 38.7 Å². The molecule has 0 saturated heterocycles. The van der Waals surface area contributed by atoms with Crippen LogP contribution in [0.25, 0.3) is 5.57 Å². The van der Waals surface area contributed by atoms with Crippen molar-refractivity contribution in [1.29, 1.82) is 0 Å². The van der Waals surface area contributed by atoms with Crippen molar-refractivity contribution in [3.63, 3.8) is 0 Å². The van der Waals surface area contributed by atoms with Crippen LogP contribution in [0, 0.1) is 0 Å². The van der Waals surface area contributed by atoms with Crippen molar-refractivity contribution in [3.05, 3.63) is 124 Å². The van der Waals surface area contributed by atoms with E-state index >= 15 is 0 Å². The number of carbonyl (C=O) groups is 1. The van der Waals surface area contributed by atoms with Crippen LogP contribution in [0.15, 0.2) is 113 Å². The van der Waals surface area contributed by atoms with E-state index in [1.54, 1.807) is 7.11 Å². The van der Waals surface area contributed by atoms with Crippen molar-refractivity contribution >= 4 is 28.4 Å². The topological polar surface area (TPSA) is 62.1 Å². The van der Waals surface area contributed by atoms with E-state index in [4.69, 9.17) is 9.73 Å². The SMILES string of the molecule is COC(C)CCN1C(=CC2=C(O)C(=C3C(c4ccccc4)=Nc4ccccc43)C2=O)C(C)(C)c2ccccc21. The minimum absolute atomic E-state index is 0.0276. The van der Waals surface area contributed by atoms with Crippen LogP contribution in [0.1, 0.15) is 43.9 Å². The van der Waals surface area contributed by atoms with Gasteiger partial charge in [0.15, 0.2) is 0 Å². The number of nitrogens with zero attached hydrogens (tertiary/aromatic N) is 2. The number of methoxy groups -OCH3 is 1. The molecule has 5 nitrogen and oxygen atoms in total. The highest BCUT2D eigenvalue weighted by molar-refractivity contribution is 6.43. The zero-order valence-corrected chi connectivity index (χ0v) is 22.7. The maximum Gasteiger partial charge on any atom is 0.201 e. The molecule has 0 amide bonds. The molecule has 6 rings (SSSR count). The van der Waals surface area contributed by atoms with Crippen LogP contribution in [0.3, 0.4) is 0 Å². The molecule has 0 bridgehead atoms. The first-order chi connectivity index (χ1) is 18.8. The third-order valence-electron chi connectivity index (χ3n) is 8.15. The molecule has 2 aliphatic heterocycles. The first-order valence-electron chi connectivity index (χ1n) is 13.4. The zero-order valence-electron chi connectivity index (χ0n) is 22.7. The Hall–Kier alpha value is -4.22. The van der Waals surface area contributed by atoms with E-state index < -0.39 is 0 Å². The second kappa shape index (κ2) is 9.51. The highest BCUT2D eigenvalue weighted by Gasteiger charge is 2.44. The lowest BCUT2D eigenvalue weighted by Gasteiger charge is -2.30. The molecule has 1 aliphatic carbocycles. The van der Waals surface area contributed by atoms with Gasteiger partial charge < -0.3 is 14.7 Å². The zero-order chi connectivity index (χ0) is 27.3. The number of aliphatic hydroxyl groups excluding tert-OH is 1. The van der Waals surface area contributed by atoms with E-state index in [9.17, 15) is 9.90 Å². The Balaban J connectivity index is 1.47. The molecule has 1 atom stereocenters. The first-order valence-corrected chi connectivity index (χ1v) is 13.4.